The first-order valence-corrected chi connectivity index (χ1v) is 13.4. The molecule has 2 fully saturated rings. The maximum Gasteiger partial charge on any atom is 0.331 e. The molecule has 37 heavy (non-hydrogen) atoms. The Balaban J connectivity index is 1.33. The molecule has 2 aliphatic heterocycles. The van der Waals surface area contributed by atoms with E-state index in [9.17, 15) is 9.59 Å². The lowest BCUT2D eigenvalue weighted by Gasteiger charge is -2.42. The molecule has 0 saturated carbocycles. The number of carbonyl (C=O) groups is 2. The first-order chi connectivity index (χ1) is 17.7. The number of benzene rings is 2. The molecule has 0 aliphatic carbocycles. The number of carbonyl (C=O) groups excluding carboxylic acids is 2. The van der Waals surface area contributed by atoms with Gasteiger partial charge in [0.05, 0.1) is 35.0 Å². The Morgan fingerprint density at radius 3 is 2.62 bits per heavy atom. The molecule has 2 saturated heterocycles. The van der Waals surface area contributed by atoms with Crippen LogP contribution in [-0.4, -0.2) is 58.7 Å². The van der Waals surface area contributed by atoms with Crippen LogP contribution in [0.2, 0.25) is 5.02 Å². The third kappa shape index (κ3) is 5.98. The average Bonchev–Trinajstić information content (AvgIpc) is 3.23. The summed E-state index contributed by atoms with van der Waals surface area (Å²) < 4.78 is 12.5. The number of nitrogens with zero attached hydrogens (tertiary/aromatic N) is 3. The van der Waals surface area contributed by atoms with Gasteiger partial charge in [-0.15, -0.1) is 11.3 Å². The van der Waals surface area contributed by atoms with Gasteiger partial charge in [0.15, 0.2) is 12.1 Å². The van der Waals surface area contributed by atoms with Gasteiger partial charge in [-0.05, 0) is 63.1 Å². The highest BCUT2D eigenvalue weighted by atomic mass is 35.5. The van der Waals surface area contributed by atoms with Gasteiger partial charge in [-0.2, -0.15) is 0 Å². The van der Waals surface area contributed by atoms with Crippen molar-refractivity contribution >= 4 is 50.9 Å². The van der Waals surface area contributed by atoms with E-state index in [0.29, 0.717) is 24.7 Å². The highest BCUT2D eigenvalue weighted by Gasteiger charge is 2.39. The molecular formula is C26H30ClN5O4S. The van der Waals surface area contributed by atoms with Gasteiger partial charge in [0, 0.05) is 23.2 Å². The van der Waals surface area contributed by atoms with Gasteiger partial charge in [-0.1, -0.05) is 23.7 Å². The summed E-state index contributed by atoms with van der Waals surface area (Å²) in [7, 11) is 0. The second-order valence-electron chi connectivity index (χ2n) is 9.78. The Hall–Kier alpha value is -2.92. The summed E-state index contributed by atoms with van der Waals surface area (Å²) in [6.45, 7) is 7.31. The number of fused-ring (bicyclic) bond motifs is 1. The number of rotatable bonds is 7. The molecule has 2 N–H and O–H groups in total. The number of halogens is 1. The Bertz CT molecular complexity index is 1290. The van der Waals surface area contributed by atoms with E-state index in [1.165, 1.54) is 4.90 Å². The molecule has 1 atom stereocenters. The maximum absolute atomic E-state index is 13.7. The zero-order valence-electron chi connectivity index (χ0n) is 21.0. The number of hydrogen-bond donors (Lipinski definition) is 2. The molecule has 0 bridgehead atoms. The summed E-state index contributed by atoms with van der Waals surface area (Å²) in [5.41, 5.74) is 2.59. The standard InChI is InChI=1S/C26H30ClN5O4S/c1-16-28-21-9-8-20(12-22(21)37-16)29-23-30-24(33)31(11-10-18-14-35-26(2,3)36-15-18)25(34)32(23)13-17-4-6-19(27)7-5-17/h4-9,12,18,23,29H,10-11,13-15H2,1-3H3,(H,30,33). The van der Waals surface area contributed by atoms with Crippen LogP contribution in [0.5, 0.6) is 0 Å². The van der Waals surface area contributed by atoms with Crippen LogP contribution in [0.1, 0.15) is 30.8 Å². The second kappa shape index (κ2) is 10.4. The van der Waals surface area contributed by atoms with Gasteiger partial charge >= 0.3 is 12.1 Å². The molecule has 3 heterocycles. The van der Waals surface area contributed by atoms with Gasteiger partial charge in [-0.25, -0.2) is 19.5 Å². The Morgan fingerprint density at radius 1 is 1.16 bits per heavy atom. The topological polar surface area (TPSA) is 96.0 Å². The first-order valence-electron chi connectivity index (χ1n) is 12.2. The molecular weight excluding hydrogens is 514 g/mol. The molecule has 0 spiro atoms. The highest BCUT2D eigenvalue weighted by Crippen LogP contribution is 2.27. The van der Waals surface area contributed by atoms with Gasteiger partial charge < -0.3 is 14.8 Å². The number of aromatic nitrogens is 1. The van der Waals surface area contributed by atoms with Crippen LogP contribution in [0.25, 0.3) is 10.2 Å². The van der Waals surface area contributed by atoms with Crippen molar-refractivity contribution in [2.75, 3.05) is 25.1 Å². The van der Waals surface area contributed by atoms with Crippen LogP contribution in [0.4, 0.5) is 15.3 Å². The van der Waals surface area contributed by atoms with E-state index >= 15 is 0 Å². The Morgan fingerprint density at radius 2 is 1.89 bits per heavy atom. The van der Waals surface area contributed by atoms with Crippen LogP contribution in [0, 0.1) is 12.8 Å². The summed E-state index contributed by atoms with van der Waals surface area (Å²) >= 11 is 7.66. The third-order valence-electron chi connectivity index (χ3n) is 6.45. The van der Waals surface area contributed by atoms with Gasteiger partial charge in [-0.3, -0.25) is 10.2 Å². The number of aryl methyl sites for hydroxylation is 1. The van der Waals surface area contributed by atoms with Crippen molar-refractivity contribution < 1.29 is 19.1 Å². The zero-order chi connectivity index (χ0) is 26.2. The van der Waals surface area contributed by atoms with Crippen molar-refractivity contribution in [1.29, 1.82) is 0 Å². The number of hydrogen-bond acceptors (Lipinski definition) is 7. The number of anilines is 1. The van der Waals surface area contributed by atoms with E-state index in [1.807, 2.05) is 51.1 Å². The summed E-state index contributed by atoms with van der Waals surface area (Å²) in [5, 5.41) is 7.88. The predicted molar refractivity (Wildman–Crippen MR) is 143 cm³/mol. The quantitative estimate of drug-likeness (QED) is 0.415. The minimum Gasteiger partial charge on any atom is -0.350 e. The number of urea groups is 2. The molecule has 1 unspecified atom stereocenters. The summed E-state index contributed by atoms with van der Waals surface area (Å²) in [5.74, 6) is -0.506. The molecule has 1 aromatic heterocycles. The lowest BCUT2D eigenvalue weighted by Crippen LogP contribution is -2.67. The minimum atomic E-state index is -0.736. The van der Waals surface area contributed by atoms with Crippen LogP contribution in [-0.2, 0) is 16.0 Å². The van der Waals surface area contributed by atoms with Crippen molar-refractivity contribution in [3.63, 3.8) is 0 Å². The van der Waals surface area contributed by atoms with E-state index in [1.54, 1.807) is 28.4 Å². The fourth-order valence-corrected chi connectivity index (χ4v) is 5.37. The molecule has 2 aliphatic rings. The van der Waals surface area contributed by atoms with Crippen LogP contribution < -0.4 is 10.6 Å². The number of imide groups is 1. The first kappa shape index (κ1) is 25.7. The zero-order valence-corrected chi connectivity index (χ0v) is 22.6. The normalized spacial score (nSPS) is 20.4. The monoisotopic (exact) mass is 543 g/mol. The Labute approximate surface area is 224 Å². The largest absolute Gasteiger partial charge is 0.350 e. The van der Waals surface area contributed by atoms with E-state index < -0.39 is 18.1 Å². The predicted octanol–water partition coefficient (Wildman–Crippen LogP) is 5.39. The molecule has 0 radical (unpaired) electrons. The molecule has 9 nitrogen and oxygen atoms in total. The van der Waals surface area contributed by atoms with Crippen molar-refractivity contribution in [1.82, 2.24) is 20.1 Å². The van der Waals surface area contributed by atoms with Crippen molar-refractivity contribution in [3.05, 3.63) is 58.1 Å². The number of thiazole rings is 1. The second-order valence-corrected chi connectivity index (χ2v) is 11.4. The average molecular weight is 544 g/mol. The van der Waals surface area contributed by atoms with Crippen molar-refractivity contribution in [2.24, 2.45) is 5.92 Å². The van der Waals surface area contributed by atoms with E-state index in [-0.39, 0.29) is 25.0 Å². The summed E-state index contributed by atoms with van der Waals surface area (Å²) in [6, 6.07) is 12.3. The highest BCUT2D eigenvalue weighted by molar-refractivity contribution is 7.18. The fourth-order valence-electron chi connectivity index (χ4n) is 4.37. The van der Waals surface area contributed by atoms with Crippen LogP contribution in [0.3, 0.4) is 0 Å². The van der Waals surface area contributed by atoms with Crippen LogP contribution >= 0.6 is 22.9 Å². The molecule has 4 amide bonds. The summed E-state index contributed by atoms with van der Waals surface area (Å²) in [6.07, 6.45) is -0.149. The number of ether oxygens (including phenoxy) is 2. The third-order valence-corrected chi connectivity index (χ3v) is 7.64. The van der Waals surface area contributed by atoms with E-state index in [2.05, 4.69) is 15.6 Å². The van der Waals surface area contributed by atoms with E-state index in [0.717, 1.165) is 26.5 Å². The molecule has 11 heteroatoms. The molecule has 5 rings (SSSR count). The lowest BCUT2D eigenvalue weighted by molar-refractivity contribution is -0.262. The van der Waals surface area contributed by atoms with E-state index in [4.69, 9.17) is 21.1 Å². The fraction of sp³-hybridized carbons (Fsp3) is 0.423. The lowest BCUT2D eigenvalue weighted by atomic mass is 10.1. The molecule has 3 aromatic rings. The smallest absolute Gasteiger partial charge is 0.331 e. The van der Waals surface area contributed by atoms with Gasteiger partial charge in [0.25, 0.3) is 0 Å². The van der Waals surface area contributed by atoms with Gasteiger partial charge in [0.2, 0.25) is 0 Å². The Kier molecular flexibility index (Phi) is 7.26. The SMILES string of the molecule is Cc1nc2ccc(NC3NC(=O)N(CCC4COC(C)(C)OC4)C(=O)N3Cc3ccc(Cl)cc3)cc2s1. The molecule has 2 aromatic carbocycles. The minimum absolute atomic E-state index is 0.101. The van der Waals surface area contributed by atoms with Crippen molar-refractivity contribution in [2.45, 2.75) is 45.8 Å². The molecule has 196 valence electrons. The number of nitrogens with one attached hydrogen (secondary N) is 2. The van der Waals surface area contributed by atoms with Crippen LogP contribution in [0.15, 0.2) is 42.5 Å². The van der Waals surface area contributed by atoms with Gasteiger partial charge in [0.1, 0.15) is 0 Å². The van der Waals surface area contributed by atoms with Crippen molar-refractivity contribution in [3.8, 4) is 0 Å². The number of amides is 4. The maximum atomic E-state index is 13.7. The summed E-state index contributed by atoms with van der Waals surface area (Å²) in [4.78, 5) is 34.1.